The zero-order valence-electron chi connectivity index (χ0n) is 9.29. The molecule has 0 saturated carbocycles. The third-order valence-electron chi connectivity index (χ3n) is 2.46. The van der Waals surface area contributed by atoms with Gasteiger partial charge < -0.3 is 0 Å². The molecule has 0 N–H and O–H groups in total. The van der Waals surface area contributed by atoms with Crippen LogP contribution in [0.5, 0.6) is 0 Å². The molecular weight excluding hydrogens is 471 g/mol. The molecule has 2 rings (SSSR count). The highest BCUT2D eigenvalue weighted by atomic mass is 127. The second kappa shape index (κ2) is 6.30. The maximum atomic E-state index is 12.2. The lowest BCUT2D eigenvalue weighted by molar-refractivity contribution is 0.0993. The first-order valence-electron chi connectivity index (χ1n) is 5.28. The Morgan fingerprint density at radius 3 is 2.11 bits per heavy atom. The molecule has 2 aromatic carbocycles. The Morgan fingerprint density at radius 1 is 1.00 bits per heavy atom. The topological polar surface area (TPSA) is 17.1 Å². The van der Waals surface area contributed by atoms with Gasteiger partial charge >= 0.3 is 0 Å². The van der Waals surface area contributed by atoms with Crippen molar-refractivity contribution in [2.75, 3.05) is 0 Å². The van der Waals surface area contributed by atoms with Crippen molar-refractivity contribution in [1.82, 2.24) is 0 Å². The smallest absolute Gasteiger partial charge is 0.167 e. The zero-order chi connectivity index (χ0) is 13.1. The van der Waals surface area contributed by atoms with Crippen LogP contribution in [0, 0.1) is 3.57 Å². The van der Waals surface area contributed by atoms with E-state index in [1.165, 1.54) is 3.57 Å². The van der Waals surface area contributed by atoms with Gasteiger partial charge in [0.2, 0.25) is 0 Å². The Bertz CT molecular complexity index is 559. The molecule has 0 aliphatic carbocycles. The lowest BCUT2D eigenvalue weighted by Crippen LogP contribution is -2.03. The fraction of sp³-hybridized carbons (Fsp3) is 0.0714. The molecule has 0 aromatic heterocycles. The van der Waals surface area contributed by atoms with Crippen LogP contribution in [0.3, 0.4) is 0 Å². The van der Waals surface area contributed by atoms with E-state index in [9.17, 15) is 4.79 Å². The molecule has 0 amide bonds. The summed E-state index contributed by atoms with van der Waals surface area (Å²) in [4.78, 5) is 12.2. The van der Waals surface area contributed by atoms with Crippen LogP contribution in [-0.4, -0.2) is 5.78 Å². The van der Waals surface area contributed by atoms with Crippen molar-refractivity contribution in [3.8, 4) is 0 Å². The minimum absolute atomic E-state index is 0.123. The number of carbonyl (C=O) groups excluding carboxylic acids is 1. The number of carbonyl (C=O) groups is 1. The highest BCUT2D eigenvalue weighted by Gasteiger charge is 2.08. The van der Waals surface area contributed by atoms with Crippen LogP contribution in [0.4, 0.5) is 0 Å². The van der Waals surface area contributed by atoms with Gasteiger partial charge in [0, 0.05) is 24.5 Å². The standard InChI is InChI=1S/C14H9Br2IO/c15-11-6-10(7-12(16)8-11)14(18)5-9-1-3-13(17)4-2-9/h1-4,6-8H,5H2. The normalized spacial score (nSPS) is 10.4. The van der Waals surface area contributed by atoms with E-state index in [0.717, 1.165) is 20.1 Å². The van der Waals surface area contributed by atoms with Crippen molar-refractivity contribution >= 4 is 60.2 Å². The molecule has 0 saturated heterocycles. The minimum Gasteiger partial charge on any atom is -0.294 e. The van der Waals surface area contributed by atoms with E-state index in [1.54, 1.807) is 0 Å². The van der Waals surface area contributed by atoms with Gasteiger partial charge in [-0.25, -0.2) is 0 Å². The van der Waals surface area contributed by atoms with Crippen molar-refractivity contribution in [2.24, 2.45) is 0 Å². The Kier molecular flexibility index (Phi) is 4.98. The van der Waals surface area contributed by atoms with Crippen molar-refractivity contribution in [3.05, 3.63) is 66.1 Å². The number of hydrogen-bond acceptors (Lipinski definition) is 1. The molecule has 18 heavy (non-hydrogen) atoms. The van der Waals surface area contributed by atoms with E-state index in [4.69, 9.17) is 0 Å². The predicted octanol–water partition coefficient (Wildman–Crippen LogP) is 5.24. The molecule has 0 unspecified atom stereocenters. The van der Waals surface area contributed by atoms with Gasteiger partial charge in [-0.1, -0.05) is 44.0 Å². The predicted molar refractivity (Wildman–Crippen MR) is 89.0 cm³/mol. The molecule has 2 aromatic rings. The summed E-state index contributed by atoms with van der Waals surface area (Å²) in [5, 5.41) is 0. The Balaban J connectivity index is 2.19. The fourth-order valence-electron chi connectivity index (χ4n) is 1.60. The van der Waals surface area contributed by atoms with Gasteiger partial charge in [-0.15, -0.1) is 0 Å². The number of rotatable bonds is 3. The molecule has 0 heterocycles. The van der Waals surface area contributed by atoms with E-state index < -0.39 is 0 Å². The fourth-order valence-corrected chi connectivity index (χ4v) is 3.26. The van der Waals surface area contributed by atoms with E-state index in [-0.39, 0.29) is 5.78 Å². The van der Waals surface area contributed by atoms with Gasteiger partial charge in [0.15, 0.2) is 5.78 Å². The molecular formula is C14H9Br2IO. The molecule has 0 aliphatic rings. The van der Waals surface area contributed by atoms with E-state index in [0.29, 0.717) is 6.42 Å². The van der Waals surface area contributed by atoms with Gasteiger partial charge in [-0.05, 0) is 58.5 Å². The average molecular weight is 480 g/mol. The van der Waals surface area contributed by atoms with Crippen LogP contribution >= 0.6 is 54.5 Å². The lowest BCUT2D eigenvalue weighted by Gasteiger charge is -2.04. The summed E-state index contributed by atoms with van der Waals surface area (Å²) in [5.74, 6) is 0.123. The Morgan fingerprint density at radius 2 is 1.56 bits per heavy atom. The second-order valence-electron chi connectivity index (χ2n) is 3.88. The molecule has 0 radical (unpaired) electrons. The summed E-state index contributed by atoms with van der Waals surface area (Å²) >= 11 is 9.04. The van der Waals surface area contributed by atoms with Crippen LogP contribution in [0.2, 0.25) is 0 Å². The zero-order valence-corrected chi connectivity index (χ0v) is 14.6. The Labute approximate surface area is 136 Å². The first-order valence-corrected chi connectivity index (χ1v) is 7.95. The number of hydrogen-bond donors (Lipinski definition) is 0. The molecule has 92 valence electrons. The van der Waals surface area contributed by atoms with Gasteiger partial charge in [0.1, 0.15) is 0 Å². The monoisotopic (exact) mass is 478 g/mol. The lowest BCUT2D eigenvalue weighted by atomic mass is 10.0. The van der Waals surface area contributed by atoms with Crippen molar-refractivity contribution in [2.45, 2.75) is 6.42 Å². The van der Waals surface area contributed by atoms with Crippen LogP contribution in [-0.2, 0) is 6.42 Å². The highest BCUT2D eigenvalue weighted by molar-refractivity contribution is 14.1. The van der Waals surface area contributed by atoms with Crippen molar-refractivity contribution in [1.29, 1.82) is 0 Å². The number of benzene rings is 2. The van der Waals surface area contributed by atoms with Crippen LogP contribution in [0.15, 0.2) is 51.4 Å². The van der Waals surface area contributed by atoms with E-state index in [1.807, 2.05) is 42.5 Å². The summed E-state index contributed by atoms with van der Waals surface area (Å²) in [6, 6.07) is 13.6. The maximum absolute atomic E-state index is 12.2. The molecule has 0 aliphatic heterocycles. The number of Topliss-reactive ketones (excluding diaryl/α,β-unsaturated/α-hetero) is 1. The molecule has 0 fully saturated rings. The highest BCUT2D eigenvalue weighted by Crippen LogP contribution is 2.21. The maximum Gasteiger partial charge on any atom is 0.167 e. The molecule has 0 bridgehead atoms. The first kappa shape index (κ1) is 14.2. The van der Waals surface area contributed by atoms with E-state index in [2.05, 4.69) is 54.5 Å². The van der Waals surface area contributed by atoms with Gasteiger partial charge in [-0.3, -0.25) is 4.79 Å². The van der Waals surface area contributed by atoms with Gasteiger partial charge in [-0.2, -0.15) is 0 Å². The third kappa shape index (κ3) is 3.90. The summed E-state index contributed by atoms with van der Waals surface area (Å²) in [7, 11) is 0. The summed E-state index contributed by atoms with van der Waals surface area (Å²) < 4.78 is 2.99. The largest absolute Gasteiger partial charge is 0.294 e. The van der Waals surface area contributed by atoms with Gasteiger partial charge in [0.05, 0.1) is 0 Å². The summed E-state index contributed by atoms with van der Waals surface area (Å²) in [6.07, 6.45) is 0.430. The van der Waals surface area contributed by atoms with Gasteiger partial charge in [0.25, 0.3) is 0 Å². The van der Waals surface area contributed by atoms with Crippen molar-refractivity contribution in [3.63, 3.8) is 0 Å². The average Bonchev–Trinajstić information content (AvgIpc) is 2.31. The van der Waals surface area contributed by atoms with Crippen molar-refractivity contribution < 1.29 is 4.79 Å². The Hall–Kier alpha value is -0.200. The number of ketones is 1. The molecule has 0 spiro atoms. The molecule has 4 heteroatoms. The second-order valence-corrected chi connectivity index (χ2v) is 6.96. The molecule has 0 atom stereocenters. The third-order valence-corrected chi connectivity index (χ3v) is 4.10. The summed E-state index contributed by atoms with van der Waals surface area (Å²) in [5.41, 5.74) is 1.76. The quantitative estimate of drug-likeness (QED) is 0.434. The van der Waals surface area contributed by atoms with Crippen LogP contribution < -0.4 is 0 Å². The minimum atomic E-state index is 0.123. The number of halogens is 3. The van der Waals surface area contributed by atoms with Crippen LogP contribution in [0.25, 0.3) is 0 Å². The summed E-state index contributed by atoms with van der Waals surface area (Å²) in [6.45, 7) is 0. The first-order chi connectivity index (χ1) is 8.54. The SMILES string of the molecule is O=C(Cc1ccc(I)cc1)c1cc(Br)cc(Br)c1. The van der Waals surface area contributed by atoms with E-state index >= 15 is 0 Å². The van der Waals surface area contributed by atoms with Crippen LogP contribution in [0.1, 0.15) is 15.9 Å². The molecule has 1 nitrogen and oxygen atoms in total.